The number of fused-ring (bicyclic) bond motifs is 1. The number of nitrogens with two attached hydrogens (primary N) is 1. The average Bonchev–Trinajstić information content (AvgIpc) is 3.19. The molecule has 2 aromatic rings. The van der Waals surface area contributed by atoms with E-state index in [2.05, 4.69) is 15.3 Å². The number of pyridine rings is 1. The number of likely N-dealkylation sites (tertiary alicyclic amines) is 1. The number of nitrogens with zero attached hydrogens (tertiary/aromatic N) is 3. The minimum Gasteiger partial charge on any atom is -0.327 e. The Kier molecular flexibility index (Phi) is 4.78. The van der Waals surface area contributed by atoms with Crippen LogP contribution in [0.3, 0.4) is 0 Å². The summed E-state index contributed by atoms with van der Waals surface area (Å²) in [5, 5.41) is 3.18. The third-order valence-electron chi connectivity index (χ3n) is 4.81. The molecule has 4 nitrogen and oxygen atoms in total. The van der Waals surface area contributed by atoms with Crippen molar-refractivity contribution in [2.45, 2.75) is 25.4 Å². The predicted octanol–water partition coefficient (Wildman–Crippen LogP) is 2.80. The van der Waals surface area contributed by atoms with Crippen LogP contribution in [0.5, 0.6) is 0 Å². The predicted molar refractivity (Wildman–Crippen MR) is 92.1 cm³/mol. The molecule has 3 atom stereocenters. The van der Waals surface area contributed by atoms with Crippen LogP contribution in [-0.4, -0.2) is 34.0 Å². The van der Waals surface area contributed by atoms with E-state index < -0.39 is 0 Å². The molecule has 2 fully saturated rings. The van der Waals surface area contributed by atoms with Gasteiger partial charge in [0.25, 0.3) is 0 Å². The first-order valence-electron chi connectivity index (χ1n) is 7.63. The van der Waals surface area contributed by atoms with E-state index in [0.717, 1.165) is 35.4 Å². The zero-order chi connectivity index (χ0) is 14.2. The van der Waals surface area contributed by atoms with E-state index in [1.807, 2.05) is 24.4 Å². The highest BCUT2D eigenvalue weighted by atomic mass is 35.5. The van der Waals surface area contributed by atoms with Crippen LogP contribution in [0.15, 0.2) is 29.8 Å². The minimum atomic E-state index is 0. The van der Waals surface area contributed by atoms with Crippen LogP contribution in [0.4, 0.5) is 0 Å². The van der Waals surface area contributed by atoms with Gasteiger partial charge in [-0.3, -0.25) is 9.88 Å². The summed E-state index contributed by atoms with van der Waals surface area (Å²) in [6.07, 6.45) is 4.34. The van der Waals surface area contributed by atoms with E-state index >= 15 is 0 Å². The molecule has 6 heteroatoms. The van der Waals surface area contributed by atoms with Gasteiger partial charge in [-0.15, -0.1) is 23.7 Å². The molecular weight excluding hydrogens is 316 g/mol. The fraction of sp³-hybridized carbons (Fsp3) is 0.500. The van der Waals surface area contributed by atoms with Gasteiger partial charge in [0.2, 0.25) is 0 Å². The summed E-state index contributed by atoms with van der Waals surface area (Å²) in [5.74, 6) is 1.52. The molecule has 3 unspecified atom stereocenters. The molecule has 2 aliphatic rings. The molecule has 1 aliphatic heterocycles. The molecule has 1 aliphatic carbocycles. The quantitative estimate of drug-likeness (QED) is 0.936. The van der Waals surface area contributed by atoms with Crippen molar-refractivity contribution in [3.63, 3.8) is 0 Å². The van der Waals surface area contributed by atoms with Gasteiger partial charge in [-0.05, 0) is 36.8 Å². The Morgan fingerprint density at radius 2 is 2.18 bits per heavy atom. The lowest BCUT2D eigenvalue weighted by molar-refractivity contribution is 0.295. The molecule has 3 heterocycles. The van der Waals surface area contributed by atoms with Crippen molar-refractivity contribution in [1.29, 1.82) is 0 Å². The van der Waals surface area contributed by atoms with Crippen molar-refractivity contribution in [2.24, 2.45) is 17.6 Å². The monoisotopic (exact) mass is 336 g/mol. The minimum absolute atomic E-state index is 0. The molecule has 0 amide bonds. The van der Waals surface area contributed by atoms with Crippen LogP contribution in [-0.2, 0) is 6.54 Å². The molecule has 118 valence electrons. The van der Waals surface area contributed by atoms with Gasteiger partial charge in [-0.1, -0.05) is 6.07 Å². The summed E-state index contributed by atoms with van der Waals surface area (Å²) < 4.78 is 0. The molecule has 0 bridgehead atoms. The average molecular weight is 337 g/mol. The molecular formula is C16H21ClN4S. The van der Waals surface area contributed by atoms with Crippen molar-refractivity contribution < 1.29 is 0 Å². The Morgan fingerprint density at radius 3 is 2.95 bits per heavy atom. The smallest absolute Gasteiger partial charge is 0.142 e. The first-order chi connectivity index (χ1) is 10.3. The van der Waals surface area contributed by atoms with Crippen molar-refractivity contribution >= 4 is 23.7 Å². The third-order valence-corrected chi connectivity index (χ3v) is 5.72. The van der Waals surface area contributed by atoms with E-state index in [9.17, 15) is 0 Å². The molecule has 4 rings (SSSR count). The zero-order valence-electron chi connectivity index (χ0n) is 12.4. The van der Waals surface area contributed by atoms with Crippen LogP contribution in [0, 0.1) is 11.8 Å². The Bertz CT molecular complexity index is 618. The number of halogens is 1. The molecule has 0 radical (unpaired) electrons. The second-order valence-electron chi connectivity index (χ2n) is 6.22. The van der Waals surface area contributed by atoms with E-state index in [1.54, 1.807) is 11.3 Å². The maximum absolute atomic E-state index is 6.21. The van der Waals surface area contributed by atoms with Gasteiger partial charge < -0.3 is 5.73 Å². The van der Waals surface area contributed by atoms with Gasteiger partial charge in [-0.2, -0.15) is 0 Å². The molecule has 0 spiro atoms. The van der Waals surface area contributed by atoms with Crippen LogP contribution >= 0.6 is 23.7 Å². The highest BCUT2D eigenvalue weighted by Crippen LogP contribution is 2.37. The largest absolute Gasteiger partial charge is 0.327 e. The molecule has 1 saturated carbocycles. The second-order valence-corrected chi connectivity index (χ2v) is 7.08. The summed E-state index contributed by atoms with van der Waals surface area (Å²) in [4.78, 5) is 11.6. The van der Waals surface area contributed by atoms with Gasteiger partial charge in [-0.25, -0.2) is 4.98 Å². The third kappa shape index (κ3) is 3.04. The van der Waals surface area contributed by atoms with Gasteiger partial charge in [0.1, 0.15) is 5.01 Å². The van der Waals surface area contributed by atoms with Crippen LogP contribution in [0.25, 0.3) is 10.7 Å². The van der Waals surface area contributed by atoms with Gasteiger partial charge in [0, 0.05) is 37.3 Å². The van der Waals surface area contributed by atoms with E-state index in [1.165, 1.54) is 19.4 Å². The highest BCUT2D eigenvalue weighted by Gasteiger charge is 2.40. The topological polar surface area (TPSA) is 55.0 Å². The highest BCUT2D eigenvalue weighted by molar-refractivity contribution is 7.13. The molecule has 0 aromatic carbocycles. The number of hydrogen-bond donors (Lipinski definition) is 1. The molecule has 1 saturated heterocycles. The van der Waals surface area contributed by atoms with Crippen molar-refractivity contribution in [3.8, 4) is 10.7 Å². The van der Waals surface area contributed by atoms with Gasteiger partial charge in [0.15, 0.2) is 0 Å². The van der Waals surface area contributed by atoms with E-state index in [4.69, 9.17) is 10.7 Å². The van der Waals surface area contributed by atoms with Crippen molar-refractivity contribution in [2.75, 3.05) is 13.1 Å². The van der Waals surface area contributed by atoms with E-state index in [-0.39, 0.29) is 12.4 Å². The number of hydrogen-bond acceptors (Lipinski definition) is 5. The summed E-state index contributed by atoms with van der Waals surface area (Å²) >= 11 is 1.68. The molecule has 22 heavy (non-hydrogen) atoms. The number of rotatable bonds is 3. The van der Waals surface area contributed by atoms with Gasteiger partial charge >= 0.3 is 0 Å². The van der Waals surface area contributed by atoms with Crippen LogP contribution in [0.1, 0.15) is 18.5 Å². The summed E-state index contributed by atoms with van der Waals surface area (Å²) in [5.41, 5.74) is 8.34. The summed E-state index contributed by atoms with van der Waals surface area (Å²) in [7, 11) is 0. The fourth-order valence-electron chi connectivity index (χ4n) is 3.74. The standard InChI is InChI=1S/C16H20N4S.ClH/c17-14-5-4-11-7-20(9-13(11)14)8-12-10-21-16(19-12)15-3-1-2-6-18-15;/h1-3,6,10-11,13-14H,4-5,7-9,17H2;1H. The van der Waals surface area contributed by atoms with Crippen LogP contribution < -0.4 is 5.73 Å². The summed E-state index contributed by atoms with van der Waals surface area (Å²) in [6, 6.07) is 6.37. The second kappa shape index (κ2) is 6.62. The first-order valence-corrected chi connectivity index (χ1v) is 8.51. The molecule has 2 aromatic heterocycles. The zero-order valence-corrected chi connectivity index (χ0v) is 14.0. The SMILES string of the molecule is Cl.NC1CCC2CN(Cc3csc(-c4ccccn4)n3)CC12. The normalized spacial score (nSPS) is 27.6. The van der Waals surface area contributed by atoms with Crippen molar-refractivity contribution in [1.82, 2.24) is 14.9 Å². The Hall–Kier alpha value is -1.01. The fourth-order valence-corrected chi connectivity index (χ4v) is 4.53. The van der Waals surface area contributed by atoms with Gasteiger partial charge in [0.05, 0.1) is 11.4 Å². The summed E-state index contributed by atoms with van der Waals surface area (Å²) in [6.45, 7) is 3.28. The first kappa shape index (κ1) is 15.9. The van der Waals surface area contributed by atoms with Crippen molar-refractivity contribution in [3.05, 3.63) is 35.5 Å². The van der Waals surface area contributed by atoms with Crippen LogP contribution in [0.2, 0.25) is 0 Å². The maximum atomic E-state index is 6.21. The Morgan fingerprint density at radius 1 is 1.27 bits per heavy atom. The Labute approximate surface area is 141 Å². The number of aromatic nitrogens is 2. The maximum Gasteiger partial charge on any atom is 0.142 e. The lowest BCUT2D eigenvalue weighted by Crippen LogP contribution is -2.30. The lowest BCUT2D eigenvalue weighted by Gasteiger charge is -2.16. The Balaban J connectivity index is 0.00000144. The van der Waals surface area contributed by atoms with E-state index in [0.29, 0.717) is 12.0 Å². The molecule has 2 N–H and O–H groups in total. The number of thiazole rings is 1. The lowest BCUT2D eigenvalue weighted by atomic mass is 9.98.